The molecule has 11 heavy (non-hydrogen) atoms. The molecular formula is C8H16Cl2O. The van der Waals surface area contributed by atoms with Crippen molar-refractivity contribution in [1.82, 2.24) is 0 Å². The van der Waals surface area contributed by atoms with E-state index in [0.29, 0.717) is 6.61 Å². The molecule has 0 aliphatic rings. The van der Waals surface area contributed by atoms with E-state index in [-0.39, 0.29) is 12.0 Å². The molecule has 0 radical (unpaired) electrons. The lowest BCUT2D eigenvalue weighted by molar-refractivity contribution is 0.0541. The van der Waals surface area contributed by atoms with E-state index in [9.17, 15) is 0 Å². The van der Waals surface area contributed by atoms with Crippen LogP contribution in [-0.2, 0) is 4.74 Å². The number of hydrogen-bond donors (Lipinski definition) is 0. The molecule has 0 heterocycles. The van der Waals surface area contributed by atoms with Gasteiger partial charge in [-0.2, -0.15) is 0 Å². The molecule has 0 bridgehead atoms. The summed E-state index contributed by atoms with van der Waals surface area (Å²) in [6, 6.07) is 0. The summed E-state index contributed by atoms with van der Waals surface area (Å²) < 4.78 is 4.54. The third kappa shape index (κ3) is 3.18. The van der Waals surface area contributed by atoms with Crippen LogP contribution in [0.5, 0.6) is 0 Å². The van der Waals surface area contributed by atoms with Gasteiger partial charge in [0.25, 0.3) is 0 Å². The second-order valence-electron chi connectivity index (χ2n) is 2.93. The summed E-state index contributed by atoms with van der Waals surface area (Å²) in [5, 5.41) is 0. The van der Waals surface area contributed by atoms with E-state index >= 15 is 0 Å². The summed E-state index contributed by atoms with van der Waals surface area (Å²) in [6.07, 6.45) is -0.115. The van der Waals surface area contributed by atoms with Gasteiger partial charge in [-0.05, 0) is 19.8 Å². The van der Waals surface area contributed by atoms with Crippen molar-refractivity contribution < 1.29 is 4.74 Å². The predicted molar refractivity (Wildman–Crippen MR) is 50.4 cm³/mol. The molecule has 0 aromatic rings. The summed E-state index contributed by atoms with van der Waals surface area (Å²) >= 11 is 12.1. The number of ether oxygens (including phenoxy) is 1. The fraction of sp³-hybridized carbons (Fsp3) is 1.00. The molecule has 0 saturated heterocycles. The molecule has 0 fully saturated rings. The lowest BCUT2D eigenvalue weighted by atomic mass is 10.1. The first-order valence-corrected chi connectivity index (χ1v) is 4.67. The molecule has 1 unspecified atom stereocenters. The largest absolute Gasteiger partial charge is 0.376 e. The highest BCUT2D eigenvalue weighted by molar-refractivity contribution is 6.49. The van der Waals surface area contributed by atoms with Crippen LogP contribution in [0, 0.1) is 5.92 Å². The summed E-state index contributed by atoms with van der Waals surface area (Å²) in [6.45, 7) is 8.43. The Morgan fingerprint density at radius 2 is 1.73 bits per heavy atom. The average molecular weight is 199 g/mol. The van der Waals surface area contributed by atoms with E-state index in [1.54, 1.807) is 0 Å². The third-order valence-electron chi connectivity index (χ3n) is 1.73. The highest BCUT2D eigenvalue weighted by atomic mass is 35.5. The van der Waals surface area contributed by atoms with Gasteiger partial charge in [0, 0.05) is 6.61 Å². The summed E-state index contributed by atoms with van der Waals surface area (Å²) in [7, 11) is 0. The van der Waals surface area contributed by atoms with Crippen molar-refractivity contribution in [2.45, 2.75) is 38.1 Å². The monoisotopic (exact) mass is 198 g/mol. The molecule has 3 heteroatoms. The second-order valence-corrected chi connectivity index (χ2v) is 4.37. The first-order valence-electron chi connectivity index (χ1n) is 3.92. The maximum absolute atomic E-state index is 6.04. The van der Waals surface area contributed by atoms with Crippen molar-refractivity contribution in [3.05, 3.63) is 0 Å². The molecule has 0 saturated carbocycles. The van der Waals surface area contributed by atoms with E-state index in [0.717, 1.165) is 0 Å². The van der Waals surface area contributed by atoms with Crippen molar-refractivity contribution in [2.75, 3.05) is 6.61 Å². The first-order chi connectivity index (χ1) is 4.92. The molecule has 0 rings (SSSR count). The minimum atomic E-state index is -0.768. The number of hydrogen-bond acceptors (Lipinski definition) is 1. The predicted octanol–water partition coefficient (Wildman–Crippen LogP) is 3.24. The molecule has 0 aromatic heterocycles. The van der Waals surface area contributed by atoms with E-state index in [2.05, 4.69) is 0 Å². The van der Waals surface area contributed by atoms with Crippen molar-refractivity contribution >= 4 is 23.2 Å². The Labute approximate surface area is 79.0 Å². The van der Waals surface area contributed by atoms with Gasteiger partial charge in [-0.1, -0.05) is 37.0 Å². The van der Waals surface area contributed by atoms with E-state index in [1.165, 1.54) is 0 Å². The summed E-state index contributed by atoms with van der Waals surface area (Å²) in [5.41, 5.74) is 0. The van der Waals surface area contributed by atoms with Crippen LogP contribution in [0.2, 0.25) is 0 Å². The Balaban J connectivity index is 4.05. The maximum atomic E-state index is 6.04. The Morgan fingerprint density at radius 1 is 1.27 bits per heavy atom. The van der Waals surface area contributed by atoms with Crippen molar-refractivity contribution in [1.29, 1.82) is 0 Å². The molecule has 1 atom stereocenters. The fourth-order valence-corrected chi connectivity index (χ4v) is 0.957. The molecule has 0 aliphatic heterocycles. The smallest absolute Gasteiger partial charge is 0.146 e. The van der Waals surface area contributed by atoms with Crippen molar-refractivity contribution in [3.8, 4) is 0 Å². The van der Waals surface area contributed by atoms with Crippen LogP contribution < -0.4 is 0 Å². The Kier molecular flexibility index (Phi) is 4.76. The third-order valence-corrected chi connectivity index (χ3v) is 3.22. The van der Waals surface area contributed by atoms with Gasteiger partial charge in [-0.15, -0.1) is 0 Å². The molecule has 0 spiro atoms. The standard InChI is InChI=1S/C8H16Cl2O/c1-5-11-7(4)8(9,10)6(2)3/h6-7H,5H2,1-4H3. The lowest BCUT2D eigenvalue weighted by Crippen LogP contribution is -2.36. The van der Waals surface area contributed by atoms with Gasteiger partial charge in [-0.3, -0.25) is 0 Å². The molecule has 0 aliphatic carbocycles. The number of alkyl halides is 2. The van der Waals surface area contributed by atoms with Gasteiger partial charge in [0.1, 0.15) is 4.33 Å². The van der Waals surface area contributed by atoms with Crippen LogP contribution >= 0.6 is 23.2 Å². The number of halogens is 2. The van der Waals surface area contributed by atoms with Crippen LogP contribution in [0.4, 0.5) is 0 Å². The molecule has 0 amide bonds. The zero-order chi connectivity index (χ0) is 9.07. The van der Waals surface area contributed by atoms with Crippen LogP contribution in [0.1, 0.15) is 27.7 Å². The minimum absolute atomic E-state index is 0.115. The van der Waals surface area contributed by atoms with Crippen LogP contribution in [0.25, 0.3) is 0 Å². The summed E-state index contributed by atoms with van der Waals surface area (Å²) in [4.78, 5) is 0. The van der Waals surface area contributed by atoms with Gasteiger partial charge in [0.2, 0.25) is 0 Å². The van der Waals surface area contributed by atoms with E-state index in [1.807, 2.05) is 27.7 Å². The van der Waals surface area contributed by atoms with Gasteiger partial charge < -0.3 is 4.74 Å². The lowest BCUT2D eigenvalue weighted by Gasteiger charge is -2.30. The Bertz CT molecular complexity index is 113. The highest BCUT2D eigenvalue weighted by Gasteiger charge is 2.35. The molecule has 0 N–H and O–H groups in total. The van der Waals surface area contributed by atoms with Gasteiger partial charge in [-0.25, -0.2) is 0 Å². The number of rotatable bonds is 4. The van der Waals surface area contributed by atoms with Crippen molar-refractivity contribution in [3.63, 3.8) is 0 Å². The maximum Gasteiger partial charge on any atom is 0.146 e. The first kappa shape index (κ1) is 11.5. The Hall–Kier alpha value is 0.540. The van der Waals surface area contributed by atoms with Gasteiger partial charge >= 0.3 is 0 Å². The normalized spacial score (nSPS) is 15.5. The SMILES string of the molecule is CCOC(C)C(Cl)(Cl)C(C)C. The van der Waals surface area contributed by atoms with Gasteiger partial charge in [0.05, 0.1) is 6.10 Å². The minimum Gasteiger partial charge on any atom is -0.376 e. The zero-order valence-corrected chi connectivity index (χ0v) is 9.04. The summed E-state index contributed by atoms with van der Waals surface area (Å²) in [5.74, 6) is 0.201. The van der Waals surface area contributed by atoms with E-state index < -0.39 is 4.33 Å². The Morgan fingerprint density at radius 3 is 2.00 bits per heavy atom. The van der Waals surface area contributed by atoms with Crippen LogP contribution in [0.3, 0.4) is 0 Å². The van der Waals surface area contributed by atoms with Gasteiger partial charge in [0.15, 0.2) is 0 Å². The quantitative estimate of drug-likeness (QED) is 0.631. The molecule has 1 nitrogen and oxygen atoms in total. The zero-order valence-electron chi connectivity index (χ0n) is 7.53. The molecule has 68 valence electrons. The molecular weight excluding hydrogens is 183 g/mol. The molecule has 0 aromatic carbocycles. The average Bonchev–Trinajstić information content (AvgIpc) is 1.88. The van der Waals surface area contributed by atoms with E-state index in [4.69, 9.17) is 27.9 Å². The van der Waals surface area contributed by atoms with Crippen LogP contribution in [-0.4, -0.2) is 17.0 Å². The van der Waals surface area contributed by atoms with Crippen LogP contribution in [0.15, 0.2) is 0 Å². The van der Waals surface area contributed by atoms with Crippen molar-refractivity contribution in [2.24, 2.45) is 5.92 Å². The highest BCUT2D eigenvalue weighted by Crippen LogP contribution is 2.35. The second kappa shape index (κ2) is 4.54. The fourth-order valence-electron chi connectivity index (χ4n) is 0.831. The topological polar surface area (TPSA) is 9.23 Å².